The Morgan fingerprint density at radius 2 is 1.86 bits per heavy atom. The number of piperidine rings is 1. The zero-order valence-corrected chi connectivity index (χ0v) is 13.9. The van der Waals surface area contributed by atoms with Gasteiger partial charge in [0.2, 0.25) is 0 Å². The molecule has 0 aromatic rings. The molecule has 3 rings (SSSR count). The molecule has 0 radical (unpaired) electrons. The van der Waals surface area contributed by atoms with Crippen LogP contribution in [-0.2, 0) is 4.79 Å². The van der Waals surface area contributed by atoms with Gasteiger partial charge >= 0.3 is 0 Å². The molecule has 4 atom stereocenters. The van der Waals surface area contributed by atoms with Crippen LogP contribution >= 0.6 is 0 Å². The number of nitrogens with zero attached hydrogens (tertiary/aromatic N) is 2. The number of hydrogen-bond acceptors (Lipinski definition) is 3. The summed E-state index contributed by atoms with van der Waals surface area (Å²) in [4.78, 5) is 17.6. The molecule has 2 heterocycles. The van der Waals surface area contributed by atoms with Gasteiger partial charge in [0, 0.05) is 31.5 Å². The lowest BCUT2D eigenvalue weighted by molar-refractivity contribution is -0.128. The Labute approximate surface area is 130 Å². The highest BCUT2D eigenvalue weighted by molar-refractivity contribution is 5.82. The van der Waals surface area contributed by atoms with Crippen molar-refractivity contribution in [3.63, 3.8) is 0 Å². The first-order valence-electron chi connectivity index (χ1n) is 9.12. The molecule has 0 spiro atoms. The Hall–Kier alpha value is -0.410. The number of carbonyl (C=O) groups is 1. The molecule has 0 amide bonds. The Bertz CT molecular complexity index is 364. The molecule has 0 aromatic heterocycles. The van der Waals surface area contributed by atoms with E-state index in [-0.39, 0.29) is 0 Å². The molecule has 2 saturated heterocycles. The van der Waals surface area contributed by atoms with E-state index in [2.05, 4.69) is 23.6 Å². The van der Waals surface area contributed by atoms with Crippen molar-refractivity contribution in [3.05, 3.63) is 0 Å². The number of hydrogen-bond donors (Lipinski definition) is 0. The molecular weight excluding hydrogens is 260 g/mol. The van der Waals surface area contributed by atoms with Crippen LogP contribution in [0.25, 0.3) is 0 Å². The second-order valence-corrected chi connectivity index (χ2v) is 7.89. The topological polar surface area (TPSA) is 23.6 Å². The van der Waals surface area contributed by atoms with Gasteiger partial charge in [-0.05, 0) is 57.2 Å². The monoisotopic (exact) mass is 292 g/mol. The van der Waals surface area contributed by atoms with E-state index in [0.717, 1.165) is 19.0 Å². The molecule has 0 aromatic carbocycles. The summed E-state index contributed by atoms with van der Waals surface area (Å²) in [7, 11) is 0. The lowest BCUT2D eigenvalue weighted by Gasteiger charge is -2.35. The third-order valence-corrected chi connectivity index (χ3v) is 6.03. The van der Waals surface area contributed by atoms with Gasteiger partial charge in [-0.15, -0.1) is 0 Å². The minimum atomic E-state index is 0.307. The SMILES string of the molecule is CC1CC(=O)C(CN2CCC(N3CCCCC3)C2)C(C)C1. The van der Waals surface area contributed by atoms with Crippen LogP contribution in [0.5, 0.6) is 0 Å². The molecular formula is C18H32N2O. The van der Waals surface area contributed by atoms with Crippen molar-refractivity contribution in [2.45, 2.75) is 58.4 Å². The number of Topliss-reactive ketones (excluding diaryl/α,β-unsaturated/α-hetero) is 1. The van der Waals surface area contributed by atoms with Gasteiger partial charge in [-0.3, -0.25) is 9.69 Å². The Balaban J connectivity index is 1.51. The van der Waals surface area contributed by atoms with Crippen LogP contribution in [0.1, 0.15) is 52.4 Å². The fourth-order valence-electron chi connectivity index (χ4n) is 4.81. The van der Waals surface area contributed by atoms with Crippen molar-refractivity contribution in [1.29, 1.82) is 0 Å². The standard InChI is InChI=1S/C18H32N2O/c1-14-10-15(2)17(18(21)11-14)13-19-9-6-16(12-19)20-7-4-3-5-8-20/h14-17H,3-13H2,1-2H3. The first-order chi connectivity index (χ1) is 10.1. The number of carbonyl (C=O) groups excluding carboxylic acids is 1. The van der Waals surface area contributed by atoms with E-state index in [9.17, 15) is 4.79 Å². The van der Waals surface area contributed by atoms with E-state index in [4.69, 9.17) is 0 Å². The first kappa shape index (κ1) is 15.5. The van der Waals surface area contributed by atoms with Crippen LogP contribution in [-0.4, -0.2) is 54.3 Å². The van der Waals surface area contributed by atoms with Gasteiger partial charge in [0.25, 0.3) is 0 Å². The molecule has 3 aliphatic rings. The maximum atomic E-state index is 12.3. The molecule has 3 fully saturated rings. The van der Waals surface area contributed by atoms with Gasteiger partial charge < -0.3 is 4.90 Å². The largest absolute Gasteiger partial charge is 0.301 e. The highest BCUT2D eigenvalue weighted by atomic mass is 16.1. The average Bonchev–Trinajstić information content (AvgIpc) is 2.92. The second-order valence-electron chi connectivity index (χ2n) is 7.89. The maximum Gasteiger partial charge on any atom is 0.137 e. The van der Waals surface area contributed by atoms with Gasteiger partial charge in [-0.1, -0.05) is 20.3 Å². The van der Waals surface area contributed by atoms with Crippen molar-refractivity contribution in [2.24, 2.45) is 17.8 Å². The molecule has 120 valence electrons. The molecule has 2 aliphatic heterocycles. The van der Waals surface area contributed by atoms with Gasteiger partial charge in [-0.2, -0.15) is 0 Å². The summed E-state index contributed by atoms with van der Waals surface area (Å²) in [5, 5.41) is 0. The highest BCUT2D eigenvalue weighted by Gasteiger charge is 2.36. The van der Waals surface area contributed by atoms with Gasteiger partial charge in [0.15, 0.2) is 0 Å². The van der Waals surface area contributed by atoms with Crippen LogP contribution in [0.2, 0.25) is 0 Å². The van der Waals surface area contributed by atoms with Crippen molar-refractivity contribution in [1.82, 2.24) is 9.80 Å². The Morgan fingerprint density at radius 3 is 2.57 bits per heavy atom. The third-order valence-electron chi connectivity index (χ3n) is 6.03. The van der Waals surface area contributed by atoms with E-state index in [0.29, 0.717) is 23.5 Å². The zero-order valence-electron chi connectivity index (χ0n) is 13.9. The number of ketones is 1. The van der Waals surface area contributed by atoms with Crippen molar-refractivity contribution >= 4 is 5.78 Å². The quantitative estimate of drug-likeness (QED) is 0.799. The number of likely N-dealkylation sites (tertiary alicyclic amines) is 2. The van der Waals surface area contributed by atoms with E-state index < -0.39 is 0 Å². The van der Waals surface area contributed by atoms with Crippen LogP contribution in [0.4, 0.5) is 0 Å². The van der Waals surface area contributed by atoms with Crippen molar-refractivity contribution < 1.29 is 4.79 Å². The summed E-state index contributed by atoms with van der Waals surface area (Å²) in [6.45, 7) is 10.5. The second kappa shape index (κ2) is 6.78. The number of rotatable bonds is 3. The third kappa shape index (κ3) is 3.68. The predicted octanol–water partition coefficient (Wildman–Crippen LogP) is 2.80. The zero-order chi connectivity index (χ0) is 14.8. The molecule has 1 saturated carbocycles. The summed E-state index contributed by atoms with van der Waals surface area (Å²) in [5.41, 5.74) is 0. The Kier molecular flexibility index (Phi) is 5.00. The molecule has 1 aliphatic carbocycles. The van der Waals surface area contributed by atoms with Crippen LogP contribution in [0.3, 0.4) is 0 Å². The smallest absolute Gasteiger partial charge is 0.137 e. The highest BCUT2D eigenvalue weighted by Crippen LogP contribution is 2.32. The molecule has 3 heteroatoms. The van der Waals surface area contributed by atoms with Crippen molar-refractivity contribution in [2.75, 3.05) is 32.7 Å². The first-order valence-corrected chi connectivity index (χ1v) is 9.12. The normalized spacial score (nSPS) is 39.8. The van der Waals surface area contributed by atoms with Gasteiger partial charge in [0.1, 0.15) is 5.78 Å². The fraction of sp³-hybridized carbons (Fsp3) is 0.944. The van der Waals surface area contributed by atoms with E-state index >= 15 is 0 Å². The molecule has 21 heavy (non-hydrogen) atoms. The summed E-state index contributed by atoms with van der Waals surface area (Å²) < 4.78 is 0. The van der Waals surface area contributed by atoms with Crippen LogP contribution in [0.15, 0.2) is 0 Å². The summed E-state index contributed by atoms with van der Waals surface area (Å²) in [5.74, 6) is 2.02. The molecule has 0 N–H and O–H groups in total. The van der Waals surface area contributed by atoms with E-state index in [1.807, 2.05) is 0 Å². The summed E-state index contributed by atoms with van der Waals surface area (Å²) >= 11 is 0. The van der Waals surface area contributed by atoms with Crippen LogP contribution < -0.4 is 0 Å². The molecule has 3 nitrogen and oxygen atoms in total. The van der Waals surface area contributed by atoms with Crippen LogP contribution in [0, 0.1) is 17.8 Å². The van der Waals surface area contributed by atoms with Gasteiger partial charge in [0.05, 0.1) is 0 Å². The minimum absolute atomic E-state index is 0.307. The summed E-state index contributed by atoms with van der Waals surface area (Å²) in [6, 6.07) is 0.762. The van der Waals surface area contributed by atoms with E-state index in [1.54, 1.807) is 0 Å². The fourth-order valence-corrected chi connectivity index (χ4v) is 4.81. The van der Waals surface area contributed by atoms with Gasteiger partial charge in [-0.25, -0.2) is 0 Å². The molecule has 0 bridgehead atoms. The average molecular weight is 292 g/mol. The molecule has 4 unspecified atom stereocenters. The predicted molar refractivity (Wildman–Crippen MR) is 86.3 cm³/mol. The lowest BCUT2D eigenvalue weighted by atomic mass is 9.74. The Morgan fingerprint density at radius 1 is 1.10 bits per heavy atom. The van der Waals surface area contributed by atoms with Crippen molar-refractivity contribution in [3.8, 4) is 0 Å². The summed E-state index contributed by atoms with van der Waals surface area (Å²) in [6.07, 6.45) is 7.54. The maximum absolute atomic E-state index is 12.3. The minimum Gasteiger partial charge on any atom is -0.301 e. The lowest BCUT2D eigenvalue weighted by Crippen LogP contribution is -2.43. The van der Waals surface area contributed by atoms with E-state index in [1.165, 1.54) is 58.3 Å².